The highest BCUT2D eigenvalue weighted by Crippen LogP contribution is 2.54. The molecule has 0 unspecified atom stereocenters. The number of hydrogen-bond acceptors (Lipinski definition) is 5. The normalized spacial score (nSPS) is 24.5. The Morgan fingerprint density at radius 1 is 0.837 bits per heavy atom. The Labute approximate surface area is 263 Å². The maximum Gasteiger partial charge on any atom is 0.261 e. The minimum absolute atomic E-state index is 0.00530. The summed E-state index contributed by atoms with van der Waals surface area (Å²) in [5, 5.41) is 12.0. The van der Waals surface area contributed by atoms with Crippen molar-refractivity contribution < 1.29 is 23.4 Å². The summed E-state index contributed by atoms with van der Waals surface area (Å²) in [6, 6.07) is 21.7. The summed E-state index contributed by atoms with van der Waals surface area (Å²) < 4.78 is 27.9. The van der Waals surface area contributed by atoms with Gasteiger partial charge in [-0.2, -0.15) is 0 Å². The van der Waals surface area contributed by atoms with Crippen molar-refractivity contribution in [3.05, 3.63) is 60.7 Å². The molecule has 2 aliphatic heterocycles. The predicted octanol–water partition coefficient (Wildman–Crippen LogP) is 7.56. The van der Waals surface area contributed by atoms with Crippen LogP contribution in [0.1, 0.15) is 94.4 Å². The van der Waals surface area contributed by atoms with E-state index < -0.39 is 22.4 Å². The van der Waals surface area contributed by atoms with Crippen molar-refractivity contribution >= 4 is 27.0 Å². The number of aliphatic hydroxyl groups excluding tert-OH is 1. The molecule has 2 aliphatic rings. The zero-order valence-electron chi connectivity index (χ0n) is 28.3. The molecule has 2 aromatic rings. The van der Waals surface area contributed by atoms with E-state index in [0.717, 1.165) is 32.1 Å². The van der Waals surface area contributed by atoms with E-state index in [2.05, 4.69) is 123 Å². The highest BCUT2D eigenvalue weighted by Gasteiger charge is 2.66. The van der Waals surface area contributed by atoms with Gasteiger partial charge < -0.3 is 23.4 Å². The van der Waals surface area contributed by atoms with Crippen LogP contribution in [0.2, 0.25) is 21.7 Å². The predicted molar refractivity (Wildman–Crippen MR) is 182 cm³/mol. The van der Waals surface area contributed by atoms with Gasteiger partial charge in [-0.05, 0) is 51.3 Å². The van der Waals surface area contributed by atoms with E-state index in [4.69, 9.17) is 18.3 Å². The van der Waals surface area contributed by atoms with Crippen LogP contribution < -0.4 is 10.4 Å². The summed E-state index contributed by atoms with van der Waals surface area (Å²) in [5.74, 6) is -0.592. The highest BCUT2D eigenvalue weighted by atomic mass is 28.4. The SMILES string of the molecule is CC(C)[Si](O[C@H]1C[C@@H](CCO[Si](c2ccccc2)(c2ccccc2)C(C)(C)C)O[C@]2(CCCCO)O[C@H]12)(C(C)C)C(C)C. The number of epoxide rings is 1. The highest BCUT2D eigenvalue weighted by molar-refractivity contribution is 6.99. The van der Waals surface area contributed by atoms with E-state index >= 15 is 0 Å². The topological polar surface area (TPSA) is 60.5 Å². The molecule has 2 saturated heterocycles. The fourth-order valence-electron chi connectivity index (χ4n) is 8.15. The van der Waals surface area contributed by atoms with E-state index in [1.165, 1.54) is 10.4 Å². The lowest BCUT2D eigenvalue weighted by atomic mass is 9.96. The second kappa shape index (κ2) is 14.0. The first-order chi connectivity index (χ1) is 20.3. The van der Waals surface area contributed by atoms with Gasteiger partial charge in [0.05, 0.1) is 12.2 Å². The average Bonchev–Trinajstić information content (AvgIpc) is 3.68. The van der Waals surface area contributed by atoms with Crippen LogP contribution in [0.15, 0.2) is 60.7 Å². The van der Waals surface area contributed by atoms with Crippen LogP contribution in [-0.2, 0) is 18.3 Å². The quantitative estimate of drug-likeness (QED) is 0.126. The Kier molecular flexibility index (Phi) is 11.2. The molecule has 0 spiro atoms. The first kappa shape index (κ1) is 34.5. The zero-order valence-corrected chi connectivity index (χ0v) is 30.3. The number of unbranched alkanes of at least 4 members (excludes halogenated alkanes) is 1. The van der Waals surface area contributed by atoms with Crippen LogP contribution >= 0.6 is 0 Å². The molecule has 0 aliphatic carbocycles. The molecule has 0 aromatic heterocycles. The lowest BCUT2D eigenvalue weighted by Crippen LogP contribution is -2.66. The maximum atomic E-state index is 9.47. The van der Waals surface area contributed by atoms with Crippen LogP contribution in [0.4, 0.5) is 0 Å². The fraction of sp³-hybridized carbons (Fsp3) is 0.667. The van der Waals surface area contributed by atoms with Gasteiger partial charge in [0.1, 0.15) is 6.10 Å². The van der Waals surface area contributed by atoms with Crippen molar-refractivity contribution in [1.82, 2.24) is 0 Å². The largest absolute Gasteiger partial charge is 0.410 e. The molecule has 0 radical (unpaired) electrons. The Balaban J connectivity index is 1.60. The Morgan fingerprint density at radius 2 is 1.37 bits per heavy atom. The summed E-state index contributed by atoms with van der Waals surface area (Å²) in [6.45, 7) is 21.9. The van der Waals surface area contributed by atoms with E-state index in [1.54, 1.807) is 0 Å². The molecule has 2 fully saturated rings. The van der Waals surface area contributed by atoms with Gasteiger partial charge in [0.15, 0.2) is 5.79 Å². The van der Waals surface area contributed by atoms with Crippen LogP contribution in [-0.4, -0.2) is 59.1 Å². The van der Waals surface area contributed by atoms with Gasteiger partial charge in [-0.15, -0.1) is 0 Å². The summed E-state index contributed by atoms with van der Waals surface area (Å²) >= 11 is 0. The van der Waals surface area contributed by atoms with Gasteiger partial charge in [-0.25, -0.2) is 0 Å². The molecule has 240 valence electrons. The van der Waals surface area contributed by atoms with Crippen molar-refractivity contribution in [3.8, 4) is 0 Å². The summed E-state index contributed by atoms with van der Waals surface area (Å²) in [4.78, 5) is 0. The Hall–Kier alpha value is -1.33. The number of ether oxygens (including phenoxy) is 2. The lowest BCUT2D eigenvalue weighted by molar-refractivity contribution is -0.125. The monoisotopic (exact) mass is 626 g/mol. The number of hydrogen-bond donors (Lipinski definition) is 1. The molecule has 2 aromatic carbocycles. The molecule has 5 nitrogen and oxygen atoms in total. The van der Waals surface area contributed by atoms with E-state index in [0.29, 0.717) is 23.2 Å². The van der Waals surface area contributed by atoms with Crippen LogP contribution in [0, 0.1) is 0 Å². The first-order valence-electron chi connectivity index (χ1n) is 16.7. The molecular weight excluding hydrogens is 569 g/mol. The molecule has 0 bridgehead atoms. The third kappa shape index (κ3) is 6.93. The van der Waals surface area contributed by atoms with Crippen LogP contribution in [0.5, 0.6) is 0 Å². The summed E-state index contributed by atoms with van der Waals surface area (Å²) in [5.41, 5.74) is 1.53. The maximum absolute atomic E-state index is 9.47. The van der Waals surface area contributed by atoms with Gasteiger partial charge in [-0.3, -0.25) is 0 Å². The Bertz CT molecular complexity index is 1070. The Morgan fingerprint density at radius 3 is 1.84 bits per heavy atom. The molecular formula is C36H58O5Si2. The van der Waals surface area contributed by atoms with Crippen molar-refractivity contribution in [3.63, 3.8) is 0 Å². The smallest absolute Gasteiger partial charge is 0.261 e. The standard InChI is InChI=1S/C36H58O5Si2/c1-27(2)42(28(3)4,29(5)6)41-33-26-30(39-36(34(33)40-36)23-16-17-24-37)22-25-38-43(35(7,8)9,31-18-12-10-13-19-31)32-20-14-11-15-21-32/h10-15,18-21,27-30,33-34,37H,16-17,22-26H2,1-9H3/t30-,33+,34-,36-/m1/s1. The van der Waals surface area contributed by atoms with Gasteiger partial charge in [0.2, 0.25) is 8.32 Å². The first-order valence-corrected chi connectivity index (χ1v) is 20.8. The number of benzene rings is 2. The van der Waals surface area contributed by atoms with Crippen molar-refractivity contribution in [1.29, 1.82) is 0 Å². The van der Waals surface area contributed by atoms with Crippen molar-refractivity contribution in [2.75, 3.05) is 13.2 Å². The minimum Gasteiger partial charge on any atom is -0.410 e. The molecule has 7 heteroatoms. The summed E-state index contributed by atoms with van der Waals surface area (Å²) in [6.07, 6.45) is 4.06. The molecule has 4 rings (SSSR count). The van der Waals surface area contributed by atoms with Crippen LogP contribution in [0.25, 0.3) is 0 Å². The molecule has 4 atom stereocenters. The van der Waals surface area contributed by atoms with Gasteiger partial charge in [0.25, 0.3) is 8.32 Å². The second-order valence-electron chi connectivity index (χ2n) is 14.8. The number of fused-ring (bicyclic) bond motifs is 1. The fourth-order valence-corrected chi connectivity index (χ4v) is 18.3. The molecule has 1 N–H and O–H groups in total. The van der Waals surface area contributed by atoms with E-state index in [9.17, 15) is 5.11 Å². The minimum atomic E-state index is -2.62. The van der Waals surface area contributed by atoms with Gasteiger partial charge in [-0.1, -0.05) is 123 Å². The average molecular weight is 627 g/mol. The van der Waals surface area contributed by atoms with E-state index in [1.807, 2.05) is 0 Å². The number of rotatable bonds is 15. The lowest BCUT2D eigenvalue weighted by Gasteiger charge is -2.46. The van der Waals surface area contributed by atoms with Crippen molar-refractivity contribution in [2.45, 2.75) is 140 Å². The molecule has 2 heterocycles. The van der Waals surface area contributed by atoms with Gasteiger partial charge >= 0.3 is 0 Å². The molecule has 0 amide bonds. The third-order valence-electron chi connectivity index (χ3n) is 10.1. The second-order valence-corrected chi connectivity index (χ2v) is 24.5. The van der Waals surface area contributed by atoms with Crippen LogP contribution in [0.3, 0.4) is 0 Å². The van der Waals surface area contributed by atoms with E-state index in [-0.39, 0.29) is 30.0 Å². The zero-order chi connectivity index (χ0) is 31.5. The van der Waals surface area contributed by atoms with Crippen molar-refractivity contribution in [2.24, 2.45) is 0 Å². The molecule has 0 saturated carbocycles. The van der Waals surface area contributed by atoms with Gasteiger partial charge in [0, 0.05) is 26.1 Å². The third-order valence-corrected chi connectivity index (χ3v) is 21.2. The summed E-state index contributed by atoms with van der Waals surface area (Å²) in [7, 11) is -4.73. The number of aliphatic hydroxyl groups is 1. The molecule has 43 heavy (non-hydrogen) atoms.